The number of rotatable bonds is 6. The van der Waals surface area contributed by atoms with Gasteiger partial charge in [-0.3, -0.25) is 0 Å². The van der Waals surface area contributed by atoms with Gasteiger partial charge in [0.1, 0.15) is 0 Å². The van der Waals surface area contributed by atoms with Gasteiger partial charge in [0.25, 0.3) is 0 Å². The molecule has 1 aliphatic rings. The molecule has 0 aromatic heterocycles. The lowest BCUT2D eigenvalue weighted by Gasteiger charge is -2.33. The summed E-state index contributed by atoms with van der Waals surface area (Å²) in [6.07, 6.45) is 3.30. The Balaban J connectivity index is 2.19. The molecule has 0 saturated carbocycles. The van der Waals surface area contributed by atoms with E-state index in [1.165, 1.54) is 16.7 Å². The SMILES string of the molecule is C=C(C)CC(NCCC)C1OCCc2ccccc21. The largest absolute Gasteiger partial charge is 0.372 e. The normalized spacial score (nSPS) is 19.8. The quantitative estimate of drug-likeness (QED) is 0.788. The molecule has 1 aliphatic heterocycles. The van der Waals surface area contributed by atoms with Crippen LogP contribution in [0.2, 0.25) is 0 Å². The molecule has 1 aromatic rings. The molecule has 1 aromatic carbocycles. The number of hydrogen-bond acceptors (Lipinski definition) is 2. The molecular weight excluding hydrogens is 234 g/mol. The van der Waals surface area contributed by atoms with E-state index in [0.717, 1.165) is 32.4 Å². The van der Waals surface area contributed by atoms with Gasteiger partial charge in [-0.05, 0) is 43.9 Å². The molecule has 2 unspecified atom stereocenters. The number of benzene rings is 1. The molecule has 0 bridgehead atoms. The monoisotopic (exact) mass is 259 g/mol. The van der Waals surface area contributed by atoms with Crippen LogP contribution in [0, 0.1) is 0 Å². The van der Waals surface area contributed by atoms with Gasteiger partial charge in [-0.25, -0.2) is 0 Å². The molecule has 1 N–H and O–H groups in total. The fourth-order valence-electron chi connectivity index (χ4n) is 2.75. The highest BCUT2D eigenvalue weighted by atomic mass is 16.5. The Morgan fingerprint density at radius 2 is 2.26 bits per heavy atom. The van der Waals surface area contributed by atoms with Gasteiger partial charge < -0.3 is 10.1 Å². The van der Waals surface area contributed by atoms with Crippen molar-refractivity contribution in [3.63, 3.8) is 0 Å². The van der Waals surface area contributed by atoms with Crippen LogP contribution in [0.1, 0.15) is 43.9 Å². The highest BCUT2D eigenvalue weighted by molar-refractivity contribution is 5.32. The zero-order chi connectivity index (χ0) is 13.7. The third-order valence-corrected chi connectivity index (χ3v) is 3.62. The summed E-state index contributed by atoms with van der Waals surface area (Å²) in [6, 6.07) is 8.99. The zero-order valence-corrected chi connectivity index (χ0v) is 12.1. The van der Waals surface area contributed by atoms with E-state index in [-0.39, 0.29) is 6.10 Å². The predicted molar refractivity (Wildman–Crippen MR) is 80.4 cm³/mol. The Morgan fingerprint density at radius 3 is 3.00 bits per heavy atom. The van der Waals surface area contributed by atoms with Crippen LogP contribution in [0.25, 0.3) is 0 Å². The third kappa shape index (κ3) is 3.68. The molecule has 0 spiro atoms. The van der Waals surface area contributed by atoms with Crippen LogP contribution >= 0.6 is 0 Å². The van der Waals surface area contributed by atoms with Crippen molar-refractivity contribution in [1.29, 1.82) is 0 Å². The fourth-order valence-corrected chi connectivity index (χ4v) is 2.75. The summed E-state index contributed by atoms with van der Waals surface area (Å²) in [5, 5.41) is 3.63. The molecule has 2 rings (SSSR count). The second-order valence-corrected chi connectivity index (χ2v) is 5.46. The van der Waals surface area contributed by atoms with Gasteiger partial charge in [-0.15, -0.1) is 6.58 Å². The minimum atomic E-state index is 0.160. The summed E-state index contributed by atoms with van der Waals surface area (Å²) >= 11 is 0. The van der Waals surface area contributed by atoms with Crippen molar-refractivity contribution >= 4 is 0 Å². The number of hydrogen-bond donors (Lipinski definition) is 1. The molecule has 0 radical (unpaired) electrons. The lowest BCUT2D eigenvalue weighted by atomic mass is 9.90. The van der Waals surface area contributed by atoms with Gasteiger partial charge >= 0.3 is 0 Å². The first kappa shape index (κ1) is 14.3. The van der Waals surface area contributed by atoms with Gasteiger partial charge in [0, 0.05) is 6.04 Å². The van der Waals surface area contributed by atoms with Crippen molar-refractivity contribution in [2.24, 2.45) is 0 Å². The van der Waals surface area contributed by atoms with Gasteiger partial charge in [-0.2, -0.15) is 0 Å². The molecule has 104 valence electrons. The summed E-state index contributed by atoms with van der Waals surface area (Å²) in [4.78, 5) is 0. The highest BCUT2D eigenvalue weighted by Gasteiger charge is 2.28. The smallest absolute Gasteiger partial charge is 0.0983 e. The van der Waals surface area contributed by atoms with Crippen molar-refractivity contribution in [2.75, 3.05) is 13.2 Å². The van der Waals surface area contributed by atoms with Crippen molar-refractivity contribution in [3.05, 3.63) is 47.5 Å². The Morgan fingerprint density at radius 1 is 1.47 bits per heavy atom. The lowest BCUT2D eigenvalue weighted by Crippen LogP contribution is -2.39. The van der Waals surface area contributed by atoms with E-state index in [4.69, 9.17) is 4.74 Å². The van der Waals surface area contributed by atoms with Gasteiger partial charge in [-0.1, -0.05) is 36.8 Å². The number of ether oxygens (including phenoxy) is 1. The molecule has 19 heavy (non-hydrogen) atoms. The summed E-state index contributed by atoms with van der Waals surface area (Å²) in [5.74, 6) is 0. The van der Waals surface area contributed by atoms with Crippen LogP contribution in [0.5, 0.6) is 0 Å². The molecule has 1 heterocycles. The second-order valence-electron chi connectivity index (χ2n) is 5.46. The molecule has 0 fully saturated rings. The summed E-state index contributed by atoms with van der Waals surface area (Å²) < 4.78 is 6.06. The van der Waals surface area contributed by atoms with E-state index in [2.05, 4.69) is 50.0 Å². The van der Waals surface area contributed by atoms with E-state index in [9.17, 15) is 0 Å². The maximum absolute atomic E-state index is 6.06. The van der Waals surface area contributed by atoms with Gasteiger partial charge in [0.15, 0.2) is 0 Å². The minimum Gasteiger partial charge on any atom is -0.372 e. The lowest BCUT2D eigenvalue weighted by molar-refractivity contribution is 0.0155. The number of nitrogens with one attached hydrogen (secondary N) is 1. The first-order chi connectivity index (χ1) is 9.22. The minimum absolute atomic E-state index is 0.160. The maximum atomic E-state index is 6.06. The van der Waals surface area contributed by atoms with E-state index in [1.54, 1.807) is 0 Å². The second kappa shape index (κ2) is 6.88. The molecule has 2 atom stereocenters. The Hall–Kier alpha value is -1.12. The van der Waals surface area contributed by atoms with Crippen molar-refractivity contribution in [2.45, 2.75) is 45.3 Å². The van der Waals surface area contributed by atoms with Crippen LogP contribution in [0.4, 0.5) is 0 Å². The molecule has 0 aliphatic carbocycles. The summed E-state index contributed by atoms with van der Waals surface area (Å²) in [5.41, 5.74) is 3.99. The van der Waals surface area contributed by atoms with Crippen LogP contribution in [-0.4, -0.2) is 19.2 Å². The van der Waals surface area contributed by atoms with E-state index in [1.807, 2.05) is 0 Å². The maximum Gasteiger partial charge on any atom is 0.0983 e. The van der Waals surface area contributed by atoms with Crippen LogP contribution in [0.3, 0.4) is 0 Å². The Bertz CT molecular complexity index is 427. The Kier molecular flexibility index (Phi) is 5.17. The van der Waals surface area contributed by atoms with E-state index < -0.39 is 0 Å². The molecule has 0 saturated heterocycles. The Labute approximate surface area is 116 Å². The van der Waals surface area contributed by atoms with E-state index in [0.29, 0.717) is 6.04 Å². The topological polar surface area (TPSA) is 21.3 Å². The molecule has 2 heteroatoms. The van der Waals surface area contributed by atoms with Crippen LogP contribution in [0.15, 0.2) is 36.4 Å². The third-order valence-electron chi connectivity index (χ3n) is 3.62. The van der Waals surface area contributed by atoms with Crippen LogP contribution < -0.4 is 5.32 Å². The molecular formula is C17H25NO. The van der Waals surface area contributed by atoms with Crippen LogP contribution in [-0.2, 0) is 11.2 Å². The first-order valence-electron chi connectivity index (χ1n) is 7.29. The zero-order valence-electron chi connectivity index (χ0n) is 12.1. The van der Waals surface area contributed by atoms with Gasteiger partial charge in [0.2, 0.25) is 0 Å². The molecule has 0 amide bonds. The van der Waals surface area contributed by atoms with Crippen molar-refractivity contribution in [1.82, 2.24) is 5.32 Å². The summed E-state index contributed by atoms with van der Waals surface area (Å²) in [6.45, 7) is 10.2. The van der Waals surface area contributed by atoms with Crippen molar-refractivity contribution in [3.8, 4) is 0 Å². The fraction of sp³-hybridized carbons (Fsp3) is 0.529. The average Bonchev–Trinajstić information content (AvgIpc) is 2.42. The standard InChI is InChI=1S/C17H25NO/c1-4-10-18-16(12-13(2)3)17-15-8-6-5-7-14(15)9-11-19-17/h5-8,16-18H,2,4,9-12H2,1,3H3. The number of fused-ring (bicyclic) bond motifs is 1. The van der Waals surface area contributed by atoms with Gasteiger partial charge in [0.05, 0.1) is 12.7 Å². The van der Waals surface area contributed by atoms with Crippen molar-refractivity contribution < 1.29 is 4.74 Å². The van der Waals surface area contributed by atoms with E-state index >= 15 is 0 Å². The summed E-state index contributed by atoms with van der Waals surface area (Å²) in [7, 11) is 0. The predicted octanol–water partition coefficient (Wildman–Crippen LogP) is 3.63. The molecule has 2 nitrogen and oxygen atoms in total. The average molecular weight is 259 g/mol. The highest BCUT2D eigenvalue weighted by Crippen LogP contribution is 2.31. The first-order valence-corrected chi connectivity index (χ1v) is 7.29.